The lowest BCUT2D eigenvalue weighted by Crippen LogP contribution is -2.07. The quantitative estimate of drug-likeness (QED) is 0.773. The van der Waals surface area contributed by atoms with E-state index in [4.69, 9.17) is 5.11 Å². The molecule has 0 unspecified atom stereocenters. The van der Waals surface area contributed by atoms with Gasteiger partial charge < -0.3 is 5.11 Å². The minimum absolute atomic E-state index is 0.603. The highest BCUT2D eigenvalue weighted by atomic mass is 35.5. The molecule has 1 aliphatic rings. The lowest BCUT2D eigenvalue weighted by molar-refractivity contribution is -0.139. The molecule has 0 heterocycles. The standard InChI is InChI=1S/C9H10ClF3O2/c1-8(2)4(6(8)7(14)15)3-5(11)9(10,12)13/h3-4,6H,1-2H3,(H,14,15)/t4-,6-/m1/s1. The Morgan fingerprint density at radius 2 is 2.00 bits per heavy atom. The van der Waals surface area contributed by atoms with Crippen LogP contribution in [0.3, 0.4) is 0 Å². The maximum absolute atomic E-state index is 12.8. The molecule has 0 aromatic heterocycles. The monoisotopic (exact) mass is 242 g/mol. The predicted octanol–water partition coefficient (Wildman–Crippen LogP) is 3.03. The van der Waals surface area contributed by atoms with E-state index in [-0.39, 0.29) is 0 Å². The van der Waals surface area contributed by atoms with Crippen molar-refractivity contribution in [3.05, 3.63) is 11.9 Å². The van der Waals surface area contributed by atoms with Crippen molar-refractivity contribution in [1.82, 2.24) is 0 Å². The number of aliphatic carboxylic acids is 1. The summed E-state index contributed by atoms with van der Waals surface area (Å²) in [6.07, 6.45) is 0.603. The Morgan fingerprint density at radius 1 is 1.53 bits per heavy atom. The molecule has 15 heavy (non-hydrogen) atoms. The second-order valence-corrected chi connectivity index (χ2v) is 4.65. The summed E-state index contributed by atoms with van der Waals surface area (Å²) >= 11 is 4.45. The van der Waals surface area contributed by atoms with Gasteiger partial charge in [-0.05, 0) is 29.0 Å². The predicted molar refractivity (Wildman–Crippen MR) is 48.4 cm³/mol. The second-order valence-electron chi connectivity index (χ2n) is 4.18. The van der Waals surface area contributed by atoms with Gasteiger partial charge in [-0.1, -0.05) is 13.8 Å². The number of allylic oxidation sites excluding steroid dienone is 2. The van der Waals surface area contributed by atoms with Gasteiger partial charge in [0.25, 0.3) is 0 Å². The number of carboxylic acid groups (broad SMARTS) is 1. The fourth-order valence-corrected chi connectivity index (χ4v) is 1.78. The molecule has 0 aromatic carbocycles. The molecule has 2 nitrogen and oxygen atoms in total. The van der Waals surface area contributed by atoms with Crippen LogP contribution in [-0.2, 0) is 4.79 Å². The van der Waals surface area contributed by atoms with Crippen LogP contribution in [0, 0.1) is 17.3 Å². The summed E-state index contributed by atoms with van der Waals surface area (Å²) in [4.78, 5) is 10.6. The molecule has 0 spiro atoms. The Balaban J connectivity index is 2.83. The number of carboxylic acids is 1. The topological polar surface area (TPSA) is 37.3 Å². The summed E-state index contributed by atoms with van der Waals surface area (Å²) in [5, 5.41) is 4.65. The van der Waals surface area contributed by atoms with Crippen LogP contribution in [0.2, 0.25) is 0 Å². The Kier molecular flexibility index (Phi) is 2.80. The van der Waals surface area contributed by atoms with Crippen molar-refractivity contribution < 1.29 is 23.1 Å². The number of alkyl halides is 3. The van der Waals surface area contributed by atoms with Crippen LogP contribution in [0.1, 0.15) is 13.8 Å². The van der Waals surface area contributed by atoms with Crippen molar-refractivity contribution in [2.24, 2.45) is 17.3 Å². The fourth-order valence-electron chi connectivity index (χ4n) is 1.71. The van der Waals surface area contributed by atoms with E-state index in [1.165, 1.54) is 0 Å². The van der Waals surface area contributed by atoms with Crippen LogP contribution in [-0.4, -0.2) is 16.5 Å². The normalized spacial score (nSPS) is 30.1. The van der Waals surface area contributed by atoms with E-state index >= 15 is 0 Å². The molecule has 0 radical (unpaired) electrons. The Morgan fingerprint density at radius 3 is 2.27 bits per heavy atom. The van der Waals surface area contributed by atoms with Crippen molar-refractivity contribution >= 4 is 17.6 Å². The largest absolute Gasteiger partial charge is 0.481 e. The third-order valence-electron chi connectivity index (χ3n) is 2.77. The van der Waals surface area contributed by atoms with E-state index < -0.39 is 34.4 Å². The Bertz CT molecular complexity index is 320. The van der Waals surface area contributed by atoms with Crippen LogP contribution in [0.15, 0.2) is 11.9 Å². The average Bonchev–Trinajstić information content (AvgIpc) is 2.50. The first-order chi connectivity index (χ1) is 6.58. The molecule has 0 bridgehead atoms. The molecule has 0 amide bonds. The highest BCUT2D eigenvalue weighted by Crippen LogP contribution is 2.59. The summed E-state index contributed by atoms with van der Waals surface area (Å²) < 4.78 is 37.3. The van der Waals surface area contributed by atoms with Gasteiger partial charge >= 0.3 is 11.4 Å². The van der Waals surface area contributed by atoms with Crippen molar-refractivity contribution in [1.29, 1.82) is 0 Å². The zero-order valence-corrected chi connectivity index (χ0v) is 8.86. The van der Waals surface area contributed by atoms with E-state index in [1.54, 1.807) is 13.8 Å². The molecule has 0 saturated heterocycles. The van der Waals surface area contributed by atoms with E-state index in [1.807, 2.05) is 0 Å². The molecular weight excluding hydrogens is 233 g/mol. The third kappa shape index (κ3) is 2.27. The first-order valence-electron chi connectivity index (χ1n) is 4.26. The SMILES string of the molecule is CC1(C)[C@H](C=C(F)C(F)(F)Cl)[C@@H]1C(=O)O. The summed E-state index contributed by atoms with van der Waals surface area (Å²) in [5.74, 6) is -4.47. The molecule has 0 aliphatic heterocycles. The molecule has 86 valence electrons. The smallest absolute Gasteiger partial charge is 0.373 e. The van der Waals surface area contributed by atoms with Crippen molar-refractivity contribution in [2.75, 3.05) is 0 Å². The van der Waals surface area contributed by atoms with Gasteiger partial charge in [-0.3, -0.25) is 4.79 Å². The van der Waals surface area contributed by atoms with Crippen molar-refractivity contribution in [3.8, 4) is 0 Å². The lowest BCUT2D eigenvalue weighted by atomic mass is 10.1. The molecule has 1 N–H and O–H groups in total. The summed E-state index contributed by atoms with van der Waals surface area (Å²) in [7, 11) is 0. The van der Waals surface area contributed by atoms with E-state index in [9.17, 15) is 18.0 Å². The Hall–Kier alpha value is -0.710. The van der Waals surface area contributed by atoms with E-state index in [0.29, 0.717) is 6.08 Å². The fraction of sp³-hybridized carbons (Fsp3) is 0.667. The molecule has 1 aliphatic carbocycles. The van der Waals surface area contributed by atoms with Crippen LogP contribution in [0.5, 0.6) is 0 Å². The highest BCUT2D eigenvalue weighted by Gasteiger charge is 2.61. The maximum Gasteiger partial charge on any atom is 0.373 e. The van der Waals surface area contributed by atoms with Gasteiger partial charge in [-0.25, -0.2) is 4.39 Å². The molecule has 0 aromatic rings. The van der Waals surface area contributed by atoms with Gasteiger partial charge in [0, 0.05) is 0 Å². The van der Waals surface area contributed by atoms with Gasteiger partial charge in [0.2, 0.25) is 0 Å². The minimum atomic E-state index is -4.05. The first kappa shape index (κ1) is 12.4. The molecule has 6 heteroatoms. The number of halogens is 4. The van der Waals surface area contributed by atoms with E-state index in [2.05, 4.69) is 11.6 Å². The summed E-state index contributed by atoms with van der Waals surface area (Å²) in [6, 6.07) is 0. The van der Waals surface area contributed by atoms with Gasteiger partial charge in [0.15, 0.2) is 5.83 Å². The zero-order chi connectivity index (χ0) is 12.0. The summed E-state index contributed by atoms with van der Waals surface area (Å²) in [6.45, 7) is 3.15. The van der Waals surface area contributed by atoms with Gasteiger partial charge in [-0.15, -0.1) is 0 Å². The number of hydrogen-bond donors (Lipinski definition) is 1. The molecule has 1 saturated carbocycles. The van der Waals surface area contributed by atoms with Gasteiger partial charge in [0.05, 0.1) is 5.92 Å². The van der Waals surface area contributed by atoms with Gasteiger partial charge in [-0.2, -0.15) is 8.78 Å². The van der Waals surface area contributed by atoms with Gasteiger partial charge in [0.1, 0.15) is 0 Å². The average molecular weight is 243 g/mol. The molecular formula is C9H10ClF3O2. The number of hydrogen-bond acceptors (Lipinski definition) is 1. The minimum Gasteiger partial charge on any atom is -0.481 e. The maximum atomic E-state index is 12.8. The summed E-state index contributed by atoms with van der Waals surface area (Å²) in [5.41, 5.74) is -0.703. The van der Waals surface area contributed by atoms with E-state index in [0.717, 1.165) is 0 Å². The zero-order valence-electron chi connectivity index (χ0n) is 8.10. The number of carbonyl (C=O) groups is 1. The molecule has 1 rings (SSSR count). The highest BCUT2D eigenvalue weighted by molar-refractivity contribution is 6.23. The van der Waals surface area contributed by atoms with Crippen LogP contribution in [0.25, 0.3) is 0 Å². The first-order valence-corrected chi connectivity index (χ1v) is 4.63. The molecule has 2 atom stereocenters. The third-order valence-corrected chi connectivity index (χ3v) is 2.95. The number of rotatable bonds is 3. The van der Waals surface area contributed by atoms with Crippen LogP contribution < -0.4 is 0 Å². The lowest BCUT2D eigenvalue weighted by Gasteiger charge is -2.04. The van der Waals surface area contributed by atoms with Crippen molar-refractivity contribution in [2.45, 2.75) is 19.2 Å². The Labute approximate surface area is 89.7 Å². The molecule has 1 fully saturated rings. The van der Waals surface area contributed by atoms with Crippen LogP contribution in [0.4, 0.5) is 13.2 Å². The van der Waals surface area contributed by atoms with Crippen LogP contribution >= 0.6 is 11.6 Å². The second kappa shape index (κ2) is 3.40. The van der Waals surface area contributed by atoms with Crippen molar-refractivity contribution in [3.63, 3.8) is 0 Å².